The van der Waals surface area contributed by atoms with Gasteiger partial charge in [0.05, 0.1) is 0 Å². The summed E-state index contributed by atoms with van der Waals surface area (Å²) in [5, 5.41) is 0. The molecule has 33 heavy (non-hydrogen) atoms. The quantitative estimate of drug-likeness (QED) is 0.171. The van der Waals surface area contributed by atoms with Crippen molar-refractivity contribution in [2.24, 2.45) is 0 Å². The summed E-state index contributed by atoms with van der Waals surface area (Å²) in [4.78, 5) is 5.18. The maximum absolute atomic E-state index is 2.61. The molecule has 0 spiro atoms. The molecule has 2 heteroatoms. The Bertz CT molecular complexity index is 582. The third-order valence-corrected chi connectivity index (χ3v) is 7.26. The van der Waals surface area contributed by atoms with Crippen molar-refractivity contribution in [1.82, 2.24) is 9.80 Å². The summed E-state index contributed by atoms with van der Waals surface area (Å²) in [5.74, 6) is 0. The van der Waals surface area contributed by atoms with Gasteiger partial charge in [0.1, 0.15) is 6.17 Å². The number of benzene rings is 1. The summed E-state index contributed by atoms with van der Waals surface area (Å²) >= 11 is 0. The maximum atomic E-state index is 2.61. The van der Waals surface area contributed by atoms with Gasteiger partial charge in [-0.2, -0.15) is 0 Å². The first-order chi connectivity index (χ1) is 16.3. The smallest absolute Gasteiger partial charge is 0.101 e. The van der Waals surface area contributed by atoms with E-state index in [1.807, 2.05) is 0 Å². The molecular weight excluding hydrogens is 400 g/mol. The molecule has 1 aromatic carbocycles. The van der Waals surface area contributed by atoms with Crippen LogP contribution in [0.2, 0.25) is 0 Å². The monoisotopic (exact) mass is 454 g/mol. The highest BCUT2D eigenvalue weighted by molar-refractivity contribution is 5.15. The van der Waals surface area contributed by atoms with Gasteiger partial charge in [-0.15, -0.1) is 0 Å². The number of hydrogen-bond donors (Lipinski definition) is 0. The molecule has 0 saturated carbocycles. The molecule has 0 amide bonds. The second-order valence-corrected chi connectivity index (χ2v) is 10.3. The summed E-state index contributed by atoms with van der Waals surface area (Å²) in [6.07, 6.45) is 30.6. The summed E-state index contributed by atoms with van der Waals surface area (Å²) in [5.41, 5.74) is 1.42. The largest absolute Gasteiger partial charge is 0.356 e. The molecule has 0 aromatic heterocycles. The molecule has 1 heterocycles. The Morgan fingerprint density at radius 1 is 0.545 bits per heavy atom. The van der Waals surface area contributed by atoms with Crippen molar-refractivity contribution in [1.29, 1.82) is 0 Å². The number of hydrogen-bond acceptors (Lipinski definition) is 2. The van der Waals surface area contributed by atoms with Crippen molar-refractivity contribution in [3.63, 3.8) is 0 Å². The lowest BCUT2D eigenvalue weighted by Gasteiger charge is -2.33. The van der Waals surface area contributed by atoms with Crippen LogP contribution in [0.4, 0.5) is 0 Å². The lowest BCUT2D eigenvalue weighted by Crippen LogP contribution is -2.38. The highest BCUT2D eigenvalue weighted by atomic mass is 15.4. The Labute approximate surface area is 206 Å². The topological polar surface area (TPSA) is 6.48 Å². The average molecular weight is 455 g/mol. The van der Waals surface area contributed by atoms with Crippen LogP contribution in [0.3, 0.4) is 0 Å². The molecule has 1 aromatic rings. The van der Waals surface area contributed by atoms with Crippen LogP contribution in [0.25, 0.3) is 0 Å². The molecule has 0 saturated heterocycles. The van der Waals surface area contributed by atoms with Gasteiger partial charge in [0.15, 0.2) is 0 Å². The number of rotatable bonds is 21. The van der Waals surface area contributed by atoms with Crippen molar-refractivity contribution in [3.05, 3.63) is 48.3 Å². The first kappa shape index (κ1) is 27.8. The number of nitrogens with zero attached hydrogens (tertiary/aromatic N) is 2. The second-order valence-electron chi connectivity index (χ2n) is 10.3. The van der Waals surface area contributed by atoms with Crippen molar-refractivity contribution in [2.45, 2.75) is 142 Å². The fourth-order valence-electron chi connectivity index (χ4n) is 5.13. The van der Waals surface area contributed by atoms with E-state index in [-0.39, 0.29) is 0 Å². The molecule has 1 atom stereocenters. The molecule has 0 fully saturated rings. The molecular formula is C31H54N2. The van der Waals surface area contributed by atoms with Gasteiger partial charge in [-0.3, -0.25) is 0 Å². The lowest BCUT2D eigenvalue weighted by molar-refractivity contribution is 0.132. The van der Waals surface area contributed by atoms with Crippen LogP contribution < -0.4 is 0 Å². The minimum atomic E-state index is 0.555. The van der Waals surface area contributed by atoms with E-state index in [0.29, 0.717) is 6.17 Å². The standard InChI is InChI=1S/C31H54N2/c1-3-5-7-8-9-10-11-12-13-14-15-16-17-21-25-31-32(26-22-6-4-2)27-28-33(31)29-30-23-19-18-20-24-30/h18-20,23-24,27-28,31H,3-17,21-22,25-26,29H2,1-2H3. The highest BCUT2D eigenvalue weighted by Crippen LogP contribution is 2.24. The van der Waals surface area contributed by atoms with Gasteiger partial charge in [-0.05, 0) is 24.8 Å². The van der Waals surface area contributed by atoms with Crippen LogP contribution in [-0.4, -0.2) is 22.5 Å². The molecule has 1 aliphatic rings. The Morgan fingerprint density at radius 2 is 1.03 bits per heavy atom. The van der Waals surface area contributed by atoms with Crippen molar-refractivity contribution >= 4 is 0 Å². The van der Waals surface area contributed by atoms with E-state index in [0.717, 1.165) is 6.54 Å². The molecule has 2 rings (SSSR count). The van der Waals surface area contributed by atoms with E-state index in [1.54, 1.807) is 0 Å². The maximum Gasteiger partial charge on any atom is 0.101 e. The lowest BCUT2D eigenvalue weighted by atomic mass is 10.0. The summed E-state index contributed by atoms with van der Waals surface area (Å²) < 4.78 is 0. The van der Waals surface area contributed by atoms with Crippen molar-refractivity contribution < 1.29 is 0 Å². The van der Waals surface area contributed by atoms with E-state index < -0.39 is 0 Å². The summed E-state index contributed by atoms with van der Waals surface area (Å²) in [6.45, 7) is 6.84. The van der Waals surface area contributed by atoms with E-state index in [4.69, 9.17) is 0 Å². The fraction of sp³-hybridized carbons (Fsp3) is 0.742. The molecule has 0 aliphatic carbocycles. The van der Waals surface area contributed by atoms with E-state index in [9.17, 15) is 0 Å². The zero-order valence-electron chi connectivity index (χ0n) is 22.2. The first-order valence-corrected chi connectivity index (χ1v) is 14.6. The molecule has 1 aliphatic heterocycles. The molecule has 2 nitrogen and oxygen atoms in total. The van der Waals surface area contributed by atoms with Crippen LogP contribution in [0.15, 0.2) is 42.7 Å². The molecule has 0 radical (unpaired) electrons. The van der Waals surface area contributed by atoms with Gasteiger partial charge in [-0.1, -0.05) is 140 Å². The van der Waals surface area contributed by atoms with E-state index >= 15 is 0 Å². The predicted molar refractivity (Wildman–Crippen MR) is 146 cm³/mol. The first-order valence-electron chi connectivity index (χ1n) is 14.6. The van der Waals surface area contributed by atoms with E-state index in [1.165, 1.54) is 128 Å². The molecule has 0 bridgehead atoms. The van der Waals surface area contributed by atoms with E-state index in [2.05, 4.69) is 66.4 Å². The van der Waals surface area contributed by atoms with Crippen molar-refractivity contribution in [2.75, 3.05) is 6.54 Å². The normalized spacial score (nSPS) is 15.6. The second kappa shape index (κ2) is 18.9. The van der Waals surface area contributed by atoms with Crippen molar-refractivity contribution in [3.8, 4) is 0 Å². The van der Waals surface area contributed by atoms with Gasteiger partial charge in [0.25, 0.3) is 0 Å². The predicted octanol–water partition coefficient (Wildman–Crippen LogP) is 9.66. The van der Waals surface area contributed by atoms with Crippen LogP contribution in [0, 0.1) is 0 Å². The van der Waals surface area contributed by atoms with Gasteiger partial charge < -0.3 is 9.80 Å². The molecule has 0 N–H and O–H groups in total. The Balaban J connectivity index is 1.56. The van der Waals surface area contributed by atoms with Crippen LogP contribution in [0.5, 0.6) is 0 Å². The Kier molecular flexibility index (Phi) is 15.9. The summed E-state index contributed by atoms with van der Waals surface area (Å²) in [6, 6.07) is 11.0. The zero-order valence-corrected chi connectivity index (χ0v) is 22.2. The molecule has 188 valence electrons. The minimum Gasteiger partial charge on any atom is -0.356 e. The minimum absolute atomic E-state index is 0.555. The van der Waals surface area contributed by atoms with Gasteiger partial charge in [0.2, 0.25) is 0 Å². The molecule has 1 unspecified atom stereocenters. The number of unbranched alkanes of at least 4 members (excludes halogenated alkanes) is 15. The Morgan fingerprint density at radius 3 is 1.61 bits per heavy atom. The van der Waals surface area contributed by atoms with Gasteiger partial charge in [0, 0.05) is 25.5 Å². The SMILES string of the molecule is CCCCCCCCCCCCCCCCC1N(CCCCC)C=CN1Cc1ccccc1. The average Bonchev–Trinajstić information content (AvgIpc) is 3.21. The third kappa shape index (κ3) is 12.6. The highest BCUT2D eigenvalue weighted by Gasteiger charge is 2.25. The van der Waals surface area contributed by atoms with Crippen LogP contribution in [0.1, 0.15) is 135 Å². The van der Waals surface area contributed by atoms with Gasteiger partial charge in [-0.25, -0.2) is 0 Å². The van der Waals surface area contributed by atoms with Gasteiger partial charge >= 0.3 is 0 Å². The zero-order chi connectivity index (χ0) is 23.4. The fourth-order valence-corrected chi connectivity index (χ4v) is 5.13. The van der Waals surface area contributed by atoms with Crippen LogP contribution >= 0.6 is 0 Å². The third-order valence-electron chi connectivity index (χ3n) is 7.26. The summed E-state index contributed by atoms with van der Waals surface area (Å²) in [7, 11) is 0. The van der Waals surface area contributed by atoms with Crippen LogP contribution in [-0.2, 0) is 6.54 Å². The Hall–Kier alpha value is -1.44.